The van der Waals surface area contributed by atoms with Crippen LogP contribution in [0.15, 0.2) is 59.8 Å². The number of benzene rings is 2. The minimum atomic E-state index is -0.448. The molecule has 7 heteroatoms. The first kappa shape index (κ1) is 19.1. The minimum Gasteiger partial charge on any atom is -0.387 e. The number of rotatable bonds is 5. The van der Waals surface area contributed by atoms with Gasteiger partial charge in [0.05, 0.1) is 11.6 Å². The summed E-state index contributed by atoms with van der Waals surface area (Å²) in [6, 6.07) is 16.9. The van der Waals surface area contributed by atoms with Crippen molar-refractivity contribution >= 4 is 17.5 Å². The number of amides is 2. The van der Waals surface area contributed by atoms with Gasteiger partial charge in [-0.05, 0) is 36.1 Å². The first-order valence-corrected chi connectivity index (χ1v) is 9.78. The third-order valence-corrected chi connectivity index (χ3v) is 5.60. The molecule has 1 fully saturated rings. The Morgan fingerprint density at radius 3 is 2.52 bits per heavy atom. The van der Waals surface area contributed by atoms with Gasteiger partial charge in [0.1, 0.15) is 0 Å². The summed E-state index contributed by atoms with van der Waals surface area (Å²) in [4.78, 5) is 29.9. The van der Waals surface area contributed by atoms with Gasteiger partial charge in [-0.3, -0.25) is 14.8 Å². The van der Waals surface area contributed by atoms with Crippen LogP contribution in [-0.2, 0) is 9.63 Å². The first-order chi connectivity index (χ1) is 14.2. The third-order valence-electron chi connectivity index (χ3n) is 5.60. The zero-order valence-electron chi connectivity index (χ0n) is 15.9. The second-order valence-electron chi connectivity index (χ2n) is 7.42. The normalized spacial score (nSPS) is 23.2. The number of carbonyl (C=O) groups excluding carboxylic acids is 2. The number of nitrogens with zero attached hydrogens (tertiary/aromatic N) is 1. The largest absolute Gasteiger partial charge is 0.387 e. The van der Waals surface area contributed by atoms with Crippen molar-refractivity contribution in [2.45, 2.75) is 37.8 Å². The van der Waals surface area contributed by atoms with Crippen molar-refractivity contribution in [2.24, 2.45) is 11.1 Å². The molecule has 2 aromatic carbocycles. The number of hydrogen-bond acceptors (Lipinski definition) is 5. The van der Waals surface area contributed by atoms with Crippen molar-refractivity contribution in [3.8, 4) is 0 Å². The molecule has 2 aliphatic rings. The molecule has 1 unspecified atom stereocenters. The summed E-state index contributed by atoms with van der Waals surface area (Å²) in [6.07, 6.45) is 2.71. The molecule has 0 spiro atoms. The molecule has 7 nitrogen and oxygen atoms in total. The van der Waals surface area contributed by atoms with Gasteiger partial charge in [0.2, 0.25) is 5.91 Å². The Bertz CT molecular complexity index is 911. The van der Waals surface area contributed by atoms with Gasteiger partial charge in [0, 0.05) is 18.0 Å². The highest BCUT2D eigenvalue weighted by molar-refractivity contribution is 6.01. The lowest BCUT2D eigenvalue weighted by Crippen LogP contribution is -2.43. The molecular formula is C22H23N3O4. The van der Waals surface area contributed by atoms with E-state index in [1.807, 2.05) is 42.5 Å². The van der Waals surface area contributed by atoms with E-state index in [0.717, 1.165) is 29.7 Å². The van der Waals surface area contributed by atoms with E-state index < -0.39 is 11.8 Å². The Labute approximate surface area is 168 Å². The monoisotopic (exact) mass is 393 g/mol. The molecule has 2 amide bonds. The fourth-order valence-electron chi connectivity index (χ4n) is 3.99. The zero-order valence-corrected chi connectivity index (χ0v) is 15.9. The number of nitrogens with one attached hydrogen (secondary N) is 2. The van der Waals surface area contributed by atoms with Crippen LogP contribution in [0.25, 0.3) is 0 Å². The van der Waals surface area contributed by atoms with Gasteiger partial charge in [-0.2, -0.15) is 0 Å². The standard InChI is InChI=1S/C22H23N3O4/c26-21(23-18-8-4-7-17(18)22(27)24-28)16-11-9-15(10-12-16)20-13-19(25-29-20)14-5-2-1-3-6-14/h1-3,5-6,9-12,17-18,20,28H,4,7-8,13H2,(H,23,26)(H,24,27)/t17-,18+,20?/m1/s1. The van der Waals surface area contributed by atoms with E-state index >= 15 is 0 Å². The summed E-state index contributed by atoms with van der Waals surface area (Å²) in [5, 5.41) is 16.0. The molecule has 1 saturated carbocycles. The Balaban J connectivity index is 1.37. The molecule has 150 valence electrons. The van der Waals surface area contributed by atoms with E-state index in [1.54, 1.807) is 17.6 Å². The fraction of sp³-hybridized carbons (Fsp3) is 0.318. The summed E-state index contributed by atoms with van der Waals surface area (Å²) >= 11 is 0. The lowest BCUT2D eigenvalue weighted by molar-refractivity contribution is -0.133. The number of carbonyl (C=O) groups is 2. The van der Waals surface area contributed by atoms with Crippen molar-refractivity contribution in [1.82, 2.24) is 10.8 Å². The smallest absolute Gasteiger partial charge is 0.251 e. The summed E-state index contributed by atoms with van der Waals surface area (Å²) in [5.74, 6) is -1.08. The lowest BCUT2D eigenvalue weighted by atomic mass is 9.99. The van der Waals surface area contributed by atoms with E-state index in [-0.39, 0.29) is 18.1 Å². The zero-order chi connectivity index (χ0) is 20.2. The van der Waals surface area contributed by atoms with E-state index in [1.165, 1.54) is 0 Å². The number of oxime groups is 1. The van der Waals surface area contributed by atoms with Crippen LogP contribution in [-0.4, -0.2) is 28.8 Å². The van der Waals surface area contributed by atoms with Gasteiger partial charge in [0.25, 0.3) is 5.91 Å². The highest BCUT2D eigenvalue weighted by Crippen LogP contribution is 2.30. The predicted molar refractivity (Wildman–Crippen MR) is 106 cm³/mol. The van der Waals surface area contributed by atoms with E-state index in [2.05, 4.69) is 10.5 Å². The van der Waals surface area contributed by atoms with Crippen LogP contribution < -0.4 is 10.8 Å². The van der Waals surface area contributed by atoms with Gasteiger partial charge in [-0.1, -0.05) is 54.0 Å². The summed E-state index contributed by atoms with van der Waals surface area (Å²) in [5.41, 5.74) is 5.12. The molecule has 0 aromatic heterocycles. The van der Waals surface area contributed by atoms with Crippen molar-refractivity contribution in [3.63, 3.8) is 0 Å². The van der Waals surface area contributed by atoms with Gasteiger partial charge >= 0.3 is 0 Å². The second-order valence-corrected chi connectivity index (χ2v) is 7.42. The third kappa shape index (κ3) is 4.14. The maximum Gasteiger partial charge on any atom is 0.251 e. The molecule has 1 heterocycles. The highest BCUT2D eigenvalue weighted by Gasteiger charge is 2.34. The maximum atomic E-state index is 12.6. The minimum absolute atomic E-state index is 0.172. The van der Waals surface area contributed by atoms with E-state index in [0.29, 0.717) is 18.4 Å². The van der Waals surface area contributed by atoms with Gasteiger partial charge < -0.3 is 10.2 Å². The van der Waals surface area contributed by atoms with Gasteiger partial charge in [-0.25, -0.2) is 5.48 Å². The number of hydroxylamine groups is 1. The van der Waals surface area contributed by atoms with E-state index in [9.17, 15) is 9.59 Å². The second kappa shape index (κ2) is 8.45. The van der Waals surface area contributed by atoms with Crippen molar-refractivity contribution < 1.29 is 19.6 Å². The summed E-state index contributed by atoms with van der Waals surface area (Å²) < 4.78 is 0. The lowest BCUT2D eigenvalue weighted by Gasteiger charge is -2.19. The molecule has 3 atom stereocenters. The van der Waals surface area contributed by atoms with Crippen LogP contribution in [0.5, 0.6) is 0 Å². The molecule has 1 aliphatic carbocycles. The topological polar surface area (TPSA) is 100 Å². The van der Waals surface area contributed by atoms with Crippen molar-refractivity contribution in [2.75, 3.05) is 0 Å². The quantitative estimate of drug-likeness (QED) is 0.537. The highest BCUT2D eigenvalue weighted by atomic mass is 16.6. The summed E-state index contributed by atoms with van der Waals surface area (Å²) in [6.45, 7) is 0. The Kier molecular flexibility index (Phi) is 5.57. The van der Waals surface area contributed by atoms with E-state index in [4.69, 9.17) is 10.0 Å². The van der Waals surface area contributed by atoms with Gasteiger partial charge in [-0.15, -0.1) is 0 Å². The maximum absolute atomic E-state index is 12.6. The van der Waals surface area contributed by atoms with Crippen LogP contribution in [0, 0.1) is 5.92 Å². The molecule has 2 aromatic rings. The molecule has 4 rings (SSSR count). The molecule has 29 heavy (non-hydrogen) atoms. The van der Waals surface area contributed by atoms with Crippen LogP contribution in [0.2, 0.25) is 0 Å². The molecule has 0 radical (unpaired) electrons. The predicted octanol–water partition coefficient (Wildman–Crippen LogP) is 2.96. The van der Waals surface area contributed by atoms with Crippen LogP contribution >= 0.6 is 0 Å². The molecule has 0 saturated heterocycles. The Morgan fingerprint density at radius 2 is 1.79 bits per heavy atom. The summed E-state index contributed by atoms with van der Waals surface area (Å²) in [7, 11) is 0. The fourth-order valence-corrected chi connectivity index (χ4v) is 3.99. The average Bonchev–Trinajstić information content (AvgIpc) is 3.44. The molecular weight excluding hydrogens is 370 g/mol. The molecule has 0 bridgehead atoms. The van der Waals surface area contributed by atoms with Crippen LogP contribution in [0.1, 0.15) is 53.3 Å². The van der Waals surface area contributed by atoms with Crippen LogP contribution in [0.3, 0.4) is 0 Å². The SMILES string of the molecule is O=C(N[C@H]1CCC[C@H]1C(=O)NO)c1ccc(C2CC(c3ccccc3)=NO2)cc1. The van der Waals surface area contributed by atoms with Gasteiger partial charge in [0.15, 0.2) is 6.10 Å². The van der Waals surface area contributed by atoms with Crippen LogP contribution in [0.4, 0.5) is 0 Å². The number of hydrogen-bond donors (Lipinski definition) is 3. The first-order valence-electron chi connectivity index (χ1n) is 9.78. The molecule has 3 N–H and O–H groups in total. The average molecular weight is 393 g/mol. The van der Waals surface area contributed by atoms with Crippen molar-refractivity contribution in [3.05, 3.63) is 71.3 Å². The molecule has 1 aliphatic heterocycles. The van der Waals surface area contributed by atoms with Crippen molar-refractivity contribution in [1.29, 1.82) is 0 Å². The Hall–Kier alpha value is -3.19. The Morgan fingerprint density at radius 1 is 1.03 bits per heavy atom.